The van der Waals surface area contributed by atoms with Gasteiger partial charge in [0.05, 0.1) is 7.11 Å². The number of benzene rings is 1. The molecular formula is C14H19NO2. The second kappa shape index (κ2) is 4.88. The lowest BCUT2D eigenvalue weighted by molar-refractivity contribution is -0.142. The van der Waals surface area contributed by atoms with Gasteiger partial charge in [-0.25, -0.2) is 0 Å². The van der Waals surface area contributed by atoms with Crippen LogP contribution in [0.1, 0.15) is 36.1 Å². The number of esters is 1. The molecule has 2 atom stereocenters. The summed E-state index contributed by atoms with van der Waals surface area (Å²) in [7, 11) is 1.42. The Morgan fingerprint density at radius 2 is 2.29 bits per heavy atom. The number of carbonyl (C=O) groups is 1. The minimum Gasteiger partial charge on any atom is -0.468 e. The summed E-state index contributed by atoms with van der Waals surface area (Å²) in [5.74, 6) is -0.203. The zero-order valence-corrected chi connectivity index (χ0v) is 10.6. The zero-order valence-electron chi connectivity index (χ0n) is 10.6. The molecule has 0 saturated carbocycles. The average Bonchev–Trinajstić information content (AvgIpc) is 2.71. The topological polar surface area (TPSA) is 38.3 Å². The summed E-state index contributed by atoms with van der Waals surface area (Å²) in [5, 5.41) is 3.34. The molecule has 0 heterocycles. The number of nitrogens with one attached hydrogen (secondary N) is 1. The molecule has 1 N–H and O–H groups in total. The molecule has 1 aromatic carbocycles. The molecule has 0 amide bonds. The SMILES string of the molecule is COC(=O)[C@H](C)NC1CCc2ccc(C)cc21. The van der Waals surface area contributed by atoms with Crippen LogP contribution in [0.5, 0.6) is 0 Å². The first-order chi connectivity index (χ1) is 8.11. The summed E-state index contributed by atoms with van der Waals surface area (Å²) in [5.41, 5.74) is 3.99. The maximum atomic E-state index is 11.4. The Kier molecular flexibility index (Phi) is 3.48. The molecule has 0 radical (unpaired) electrons. The molecule has 3 heteroatoms. The van der Waals surface area contributed by atoms with E-state index in [1.807, 2.05) is 6.92 Å². The van der Waals surface area contributed by atoms with Gasteiger partial charge in [0.25, 0.3) is 0 Å². The fourth-order valence-corrected chi connectivity index (χ4v) is 2.44. The Hall–Kier alpha value is -1.35. The first-order valence-electron chi connectivity index (χ1n) is 6.05. The third-order valence-corrected chi connectivity index (χ3v) is 3.39. The summed E-state index contributed by atoms with van der Waals surface area (Å²) in [6.45, 7) is 3.94. The van der Waals surface area contributed by atoms with E-state index in [4.69, 9.17) is 4.74 Å². The van der Waals surface area contributed by atoms with Gasteiger partial charge >= 0.3 is 5.97 Å². The maximum Gasteiger partial charge on any atom is 0.322 e. The molecule has 0 aromatic heterocycles. The summed E-state index contributed by atoms with van der Waals surface area (Å²) in [4.78, 5) is 11.4. The molecule has 1 aliphatic rings. The number of carbonyl (C=O) groups excluding carboxylic acids is 1. The Labute approximate surface area is 102 Å². The van der Waals surface area contributed by atoms with Crippen LogP contribution in [0.25, 0.3) is 0 Å². The smallest absolute Gasteiger partial charge is 0.322 e. The second-order valence-corrected chi connectivity index (χ2v) is 4.71. The van der Waals surface area contributed by atoms with Gasteiger partial charge in [-0.15, -0.1) is 0 Å². The summed E-state index contributed by atoms with van der Waals surface area (Å²) < 4.78 is 4.73. The van der Waals surface area contributed by atoms with Crippen LogP contribution in [0.4, 0.5) is 0 Å². The van der Waals surface area contributed by atoms with Crippen molar-refractivity contribution in [2.24, 2.45) is 0 Å². The zero-order chi connectivity index (χ0) is 12.4. The van der Waals surface area contributed by atoms with Gasteiger partial charge in [-0.3, -0.25) is 10.1 Å². The van der Waals surface area contributed by atoms with Crippen LogP contribution in [-0.4, -0.2) is 19.1 Å². The number of rotatable bonds is 3. The lowest BCUT2D eigenvalue weighted by Crippen LogP contribution is -2.36. The van der Waals surface area contributed by atoms with Gasteiger partial charge in [0.1, 0.15) is 6.04 Å². The number of hydrogen-bond donors (Lipinski definition) is 1. The van der Waals surface area contributed by atoms with E-state index in [1.165, 1.54) is 23.8 Å². The predicted molar refractivity (Wildman–Crippen MR) is 66.9 cm³/mol. The largest absolute Gasteiger partial charge is 0.468 e. The highest BCUT2D eigenvalue weighted by molar-refractivity contribution is 5.75. The number of methoxy groups -OCH3 is 1. The Balaban J connectivity index is 2.11. The molecule has 1 aromatic rings. The predicted octanol–water partition coefficient (Wildman–Crippen LogP) is 2.13. The van der Waals surface area contributed by atoms with E-state index in [0.29, 0.717) is 0 Å². The molecule has 92 valence electrons. The van der Waals surface area contributed by atoms with Crippen molar-refractivity contribution < 1.29 is 9.53 Å². The molecule has 3 nitrogen and oxygen atoms in total. The highest BCUT2D eigenvalue weighted by Crippen LogP contribution is 2.32. The van der Waals surface area contributed by atoms with Gasteiger partial charge in [0.15, 0.2) is 0 Å². The molecule has 0 spiro atoms. The van der Waals surface area contributed by atoms with E-state index in [0.717, 1.165) is 12.8 Å². The molecule has 0 saturated heterocycles. The quantitative estimate of drug-likeness (QED) is 0.813. The maximum absolute atomic E-state index is 11.4. The second-order valence-electron chi connectivity index (χ2n) is 4.71. The lowest BCUT2D eigenvalue weighted by Gasteiger charge is -2.18. The van der Waals surface area contributed by atoms with Crippen LogP contribution in [0, 0.1) is 6.92 Å². The van der Waals surface area contributed by atoms with E-state index in [9.17, 15) is 4.79 Å². The molecule has 17 heavy (non-hydrogen) atoms. The fraction of sp³-hybridized carbons (Fsp3) is 0.500. The van der Waals surface area contributed by atoms with Crippen LogP contribution in [0.3, 0.4) is 0 Å². The summed E-state index contributed by atoms with van der Waals surface area (Å²) in [6, 6.07) is 6.57. The van der Waals surface area contributed by atoms with Crippen molar-refractivity contribution in [2.75, 3.05) is 7.11 Å². The van der Waals surface area contributed by atoms with Crippen molar-refractivity contribution in [1.29, 1.82) is 0 Å². The van der Waals surface area contributed by atoms with Gasteiger partial charge in [-0.2, -0.15) is 0 Å². The minimum absolute atomic E-state index is 0.203. The fourth-order valence-electron chi connectivity index (χ4n) is 2.44. The first-order valence-corrected chi connectivity index (χ1v) is 6.05. The summed E-state index contributed by atoms with van der Waals surface area (Å²) in [6.07, 6.45) is 2.14. The molecule has 1 aliphatic carbocycles. The third-order valence-electron chi connectivity index (χ3n) is 3.39. The highest BCUT2D eigenvalue weighted by Gasteiger charge is 2.25. The van der Waals surface area contributed by atoms with Crippen molar-refractivity contribution in [3.8, 4) is 0 Å². The van der Waals surface area contributed by atoms with Gasteiger partial charge in [-0.1, -0.05) is 23.8 Å². The van der Waals surface area contributed by atoms with Crippen LogP contribution in [0.15, 0.2) is 18.2 Å². The minimum atomic E-state index is -0.253. The average molecular weight is 233 g/mol. The number of fused-ring (bicyclic) bond motifs is 1. The van der Waals surface area contributed by atoms with Crippen LogP contribution in [0.2, 0.25) is 0 Å². The van der Waals surface area contributed by atoms with Crippen molar-refractivity contribution in [2.45, 2.75) is 38.8 Å². The molecule has 0 aliphatic heterocycles. The van der Waals surface area contributed by atoms with E-state index in [1.54, 1.807) is 0 Å². The molecular weight excluding hydrogens is 214 g/mol. The molecule has 2 rings (SSSR count). The van der Waals surface area contributed by atoms with Crippen molar-refractivity contribution >= 4 is 5.97 Å². The third kappa shape index (κ3) is 2.50. The van der Waals surface area contributed by atoms with Crippen LogP contribution in [-0.2, 0) is 16.0 Å². The van der Waals surface area contributed by atoms with E-state index in [2.05, 4.69) is 30.4 Å². The van der Waals surface area contributed by atoms with Crippen molar-refractivity contribution in [3.05, 3.63) is 34.9 Å². The van der Waals surface area contributed by atoms with Gasteiger partial charge < -0.3 is 4.74 Å². The Bertz CT molecular complexity index is 428. The number of hydrogen-bond acceptors (Lipinski definition) is 3. The first kappa shape index (κ1) is 12.1. The standard InChI is InChI=1S/C14H19NO2/c1-9-4-5-11-6-7-13(12(11)8-9)15-10(2)14(16)17-3/h4-5,8,10,13,15H,6-7H2,1-3H3/t10-,13?/m0/s1. The normalized spacial score (nSPS) is 19.8. The van der Waals surface area contributed by atoms with Gasteiger partial charge in [0.2, 0.25) is 0 Å². The highest BCUT2D eigenvalue weighted by atomic mass is 16.5. The Morgan fingerprint density at radius 3 is 3.00 bits per heavy atom. The van der Waals surface area contributed by atoms with Gasteiger partial charge in [0, 0.05) is 6.04 Å². The molecule has 0 fully saturated rings. The van der Waals surface area contributed by atoms with Crippen molar-refractivity contribution in [1.82, 2.24) is 5.32 Å². The lowest BCUT2D eigenvalue weighted by atomic mass is 10.0. The van der Waals surface area contributed by atoms with Crippen LogP contribution < -0.4 is 5.32 Å². The van der Waals surface area contributed by atoms with Gasteiger partial charge in [-0.05, 0) is 37.8 Å². The summed E-state index contributed by atoms with van der Waals surface area (Å²) >= 11 is 0. The van der Waals surface area contributed by atoms with E-state index < -0.39 is 0 Å². The number of aryl methyl sites for hydroxylation is 2. The molecule has 1 unspecified atom stereocenters. The monoisotopic (exact) mass is 233 g/mol. The van der Waals surface area contributed by atoms with Crippen LogP contribution >= 0.6 is 0 Å². The number of ether oxygens (including phenoxy) is 1. The Morgan fingerprint density at radius 1 is 1.53 bits per heavy atom. The van der Waals surface area contributed by atoms with E-state index in [-0.39, 0.29) is 18.1 Å². The van der Waals surface area contributed by atoms with Crippen molar-refractivity contribution in [3.63, 3.8) is 0 Å². The molecule has 0 bridgehead atoms. The van der Waals surface area contributed by atoms with E-state index >= 15 is 0 Å².